The van der Waals surface area contributed by atoms with Crippen LogP contribution in [-0.2, 0) is 9.59 Å². The van der Waals surface area contributed by atoms with E-state index < -0.39 is 0 Å². The van der Waals surface area contributed by atoms with Crippen molar-refractivity contribution in [3.05, 3.63) is 24.3 Å². The van der Waals surface area contributed by atoms with Crippen LogP contribution in [0.15, 0.2) is 24.3 Å². The number of aromatic nitrogens is 2. The van der Waals surface area contributed by atoms with Gasteiger partial charge >= 0.3 is 0 Å². The highest BCUT2D eigenvalue weighted by Crippen LogP contribution is 2.12. The fourth-order valence-corrected chi connectivity index (χ4v) is 1.72. The third-order valence-electron chi connectivity index (χ3n) is 3.13. The summed E-state index contributed by atoms with van der Waals surface area (Å²) in [6.45, 7) is 3.70. The van der Waals surface area contributed by atoms with Gasteiger partial charge in [0.05, 0.1) is 17.6 Å². The predicted octanol–water partition coefficient (Wildman–Crippen LogP) is 1.66. The number of carbonyl (C=O) groups excluding carboxylic acids is 2. The first-order valence-electron chi connectivity index (χ1n) is 6.62. The third-order valence-corrected chi connectivity index (χ3v) is 3.13. The van der Waals surface area contributed by atoms with Crippen LogP contribution in [0.2, 0.25) is 0 Å². The molecule has 0 aliphatic heterocycles. The summed E-state index contributed by atoms with van der Waals surface area (Å²) in [7, 11) is 0. The summed E-state index contributed by atoms with van der Waals surface area (Å²) in [4.78, 5) is 30.5. The van der Waals surface area contributed by atoms with Crippen LogP contribution in [0.3, 0.4) is 0 Å². The van der Waals surface area contributed by atoms with E-state index in [0.717, 1.165) is 17.5 Å². The van der Waals surface area contributed by atoms with Crippen molar-refractivity contribution in [2.45, 2.75) is 20.3 Å². The van der Waals surface area contributed by atoms with Crippen molar-refractivity contribution in [1.29, 1.82) is 0 Å². The molecule has 0 saturated heterocycles. The van der Waals surface area contributed by atoms with Gasteiger partial charge in [-0.3, -0.25) is 14.9 Å². The molecule has 1 aromatic heterocycles. The zero-order chi connectivity index (χ0) is 14.5. The minimum Gasteiger partial charge on any atom is -0.347 e. The van der Waals surface area contributed by atoms with Crippen LogP contribution in [-0.4, -0.2) is 28.3 Å². The largest absolute Gasteiger partial charge is 0.347 e. The number of nitrogens with zero attached hydrogens (tertiary/aromatic N) is 1. The molecule has 6 nitrogen and oxygen atoms in total. The number of hydrogen-bond donors (Lipinski definition) is 3. The summed E-state index contributed by atoms with van der Waals surface area (Å²) in [6, 6.07) is 7.49. The van der Waals surface area contributed by atoms with Gasteiger partial charge in [0.25, 0.3) is 0 Å². The zero-order valence-electron chi connectivity index (χ0n) is 11.6. The van der Waals surface area contributed by atoms with E-state index in [0.29, 0.717) is 5.95 Å². The molecular weight excluding hydrogens is 256 g/mol. The lowest BCUT2D eigenvalue weighted by atomic mass is 10.1. The molecule has 0 bridgehead atoms. The number of imidazole rings is 1. The molecule has 1 aromatic carbocycles. The topological polar surface area (TPSA) is 86.9 Å². The Hall–Kier alpha value is -2.37. The van der Waals surface area contributed by atoms with E-state index in [1.54, 1.807) is 0 Å². The lowest BCUT2D eigenvalue weighted by Crippen LogP contribution is -2.36. The van der Waals surface area contributed by atoms with Gasteiger partial charge in [-0.05, 0) is 18.6 Å². The predicted molar refractivity (Wildman–Crippen MR) is 77.2 cm³/mol. The maximum Gasteiger partial charge on any atom is 0.246 e. The lowest BCUT2D eigenvalue weighted by molar-refractivity contribution is -0.126. The van der Waals surface area contributed by atoms with Gasteiger partial charge in [-0.1, -0.05) is 26.0 Å². The highest BCUT2D eigenvalue weighted by atomic mass is 16.2. The minimum absolute atomic E-state index is 0.0553. The molecule has 2 aromatic rings. The van der Waals surface area contributed by atoms with Crippen molar-refractivity contribution in [1.82, 2.24) is 15.3 Å². The summed E-state index contributed by atoms with van der Waals surface area (Å²) in [5, 5.41) is 5.22. The molecule has 0 saturated carbocycles. The Morgan fingerprint density at radius 1 is 1.35 bits per heavy atom. The smallest absolute Gasteiger partial charge is 0.246 e. The number of anilines is 1. The highest BCUT2D eigenvalue weighted by Gasteiger charge is 2.12. The Morgan fingerprint density at radius 2 is 2.10 bits per heavy atom. The van der Waals surface area contributed by atoms with E-state index >= 15 is 0 Å². The first kappa shape index (κ1) is 14.0. The summed E-state index contributed by atoms with van der Waals surface area (Å²) < 4.78 is 0. The zero-order valence-corrected chi connectivity index (χ0v) is 11.6. The summed E-state index contributed by atoms with van der Waals surface area (Å²) >= 11 is 0. The molecule has 1 heterocycles. The second-order valence-electron chi connectivity index (χ2n) is 4.68. The van der Waals surface area contributed by atoms with Gasteiger partial charge in [0.15, 0.2) is 0 Å². The number of nitrogens with one attached hydrogen (secondary N) is 3. The van der Waals surface area contributed by atoms with Crippen molar-refractivity contribution in [3.8, 4) is 0 Å². The summed E-state index contributed by atoms with van der Waals surface area (Å²) in [5.41, 5.74) is 1.64. The minimum atomic E-state index is -0.305. The molecule has 20 heavy (non-hydrogen) atoms. The number of amides is 2. The highest BCUT2D eigenvalue weighted by molar-refractivity contribution is 5.94. The van der Waals surface area contributed by atoms with Gasteiger partial charge in [0, 0.05) is 5.92 Å². The van der Waals surface area contributed by atoms with E-state index in [9.17, 15) is 9.59 Å². The van der Waals surface area contributed by atoms with Crippen LogP contribution in [0.25, 0.3) is 11.0 Å². The van der Waals surface area contributed by atoms with Gasteiger partial charge in [0.2, 0.25) is 17.8 Å². The molecule has 1 unspecified atom stereocenters. The number of aromatic amines is 1. The van der Waals surface area contributed by atoms with Crippen LogP contribution < -0.4 is 10.6 Å². The standard InChI is InChI=1S/C14H18N4O2/c1-3-9(2)13(20)15-8-12(19)18-14-16-10-6-4-5-7-11(10)17-14/h4-7,9H,3,8H2,1-2H3,(H,15,20)(H2,16,17,18,19). The van der Waals surface area contributed by atoms with Gasteiger partial charge in [0.1, 0.15) is 0 Å². The second-order valence-corrected chi connectivity index (χ2v) is 4.68. The van der Waals surface area contributed by atoms with Gasteiger partial charge in [-0.15, -0.1) is 0 Å². The van der Waals surface area contributed by atoms with Crippen molar-refractivity contribution >= 4 is 28.8 Å². The van der Waals surface area contributed by atoms with Crippen molar-refractivity contribution in [2.24, 2.45) is 5.92 Å². The van der Waals surface area contributed by atoms with E-state index in [4.69, 9.17) is 0 Å². The average molecular weight is 274 g/mol. The SMILES string of the molecule is CCC(C)C(=O)NCC(=O)Nc1nc2ccccc2[nH]1. The molecule has 2 rings (SSSR count). The summed E-state index contributed by atoms with van der Waals surface area (Å²) in [6.07, 6.45) is 0.747. The Kier molecular flexibility index (Phi) is 4.34. The van der Waals surface area contributed by atoms with Gasteiger partial charge in [-0.2, -0.15) is 0 Å². The van der Waals surface area contributed by atoms with Crippen molar-refractivity contribution in [3.63, 3.8) is 0 Å². The lowest BCUT2D eigenvalue weighted by Gasteiger charge is -2.09. The first-order chi connectivity index (χ1) is 9.60. The Bertz CT molecular complexity index is 587. The molecule has 0 aliphatic rings. The number of rotatable bonds is 5. The van der Waals surface area contributed by atoms with Crippen LogP contribution in [0.4, 0.5) is 5.95 Å². The maximum atomic E-state index is 11.7. The molecule has 6 heteroatoms. The molecule has 1 atom stereocenters. The number of benzene rings is 1. The molecule has 106 valence electrons. The van der Waals surface area contributed by atoms with Gasteiger partial charge in [-0.25, -0.2) is 4.98 Å². The van der Waals surface area contributed by atoms with E-state index in [2.05, 4.69) is 20.6 Å². The molecule has 2 amide bonds. The van der Waals surface area contributed by atoms with Crippen LogP contribution in [0, 0.1) is 5.92 Å². The molecule has 0 spiro atoms. The van der Waals surface area contributed by atoms with E-state index in [1.165, 1.54) is 0 Å². The number of fused-ring (bicyclic) bond motifs is 1. The molecular formula is C14H18N4O2. The molecule has 0 radical (unpaired) electrons. The number of carbonyl (C=O) groups is 2. The number of hydrogen-bond acceptors (Lipinski definition) is 3. The van der Waals surface area contributed by atoms with Gasteiger partial charge < -0.3 is 10.3 Å². The maximum absolute atomic E-state index is 11.7. The van der Waals surface area contributed by atoms with Crippen LogP contribution >= 0.6 is 0 Å². The third kappa shape index (κ3) is 3.34. The molecule has 0 aliphatic carbocycles. The fourth-order valence-electron chi connectivity index (χ4n) is 1.72. The second kappa shape index (κ2) is 6.18. The number of para-hydroxylation sites is 2. The Morgan fingerprint density at radius 3 is 2.80 bits per heavy atom. The monoisotopic (exact) mass is 274 g/mol. The quantitative estimate of drug-likeness (QED) is 0.775. The van der Waals surface area contributed by atoms with Crippen LogP contribution in [0.1, 0.15) is 20.3 Å². The Balaban J connectivity index is 1.90. The summed E-state index contributed by atoms with van der Waals surface area (Å²) in [5.74, 6) is -0.129. The normalized spacial score (nSPS) is 12.1. The van der Waals surface area contributed by atoms with Crippen molar-refractivity contribution in [2.75, 3.05) is 11.9 Å². The average Bonchev–Trinajstić information content (AvgIpc) is 2.85. The van der Waals surface area contributed by atoms with Crippen molar-refractivity contribution < 1.29 is 9.59 Å². The van der Waals surface area contributed by atoms with Crippen LogP contribution in [0.5, 0.6) is 0 Å². The molecule has 0 fully saturated rings. The Labute approximate surface area is 117 Å². The first-order valence-corrected chi connectivity index (χ1v) is 6.62. The van der Waals surface area contributed by atoms with E-state index in [-0.39, 0.29) is 24.3 Å². The number of H-pyrrole nitrogens is 1. The molecule has 3 N–H and O–H groups in total. The van der Waals surface area contributed by atoms with E-state index in [1.807, 2.05) is 38.1 Å². The fraction of sp³-hybridized carbons (Fsp3) is 0.357.